The summed E-state index contributed by atoms with van der Waals surface area (Å²) in [5.74, 6) is -0.238. The van der Waals surface area contributed by atoms with Crippen molar-refractivity contribution in [3.8, 4) is 0 Å². The van der Waals surface area contributed by atoms with Crippen LogP contribution in [0.15, 0.2) is 0 Å². The van der Waals surface area contributed by atoms with Gasteiger partial charge in [0.2, 0.25) is 18.7 Å². The summed E-state index contributed by atoms with van der Waals surface area (Å²) in [6, 6.07) is 0. The van der Waals surface area contributed by atoms with Crippen LogP contribution in [0.4, 0.5) is 0 Å². The van der Waals surface area contributed by atoms with Gasteiger partial charge in [-0.05, 0) is 0 Å². The Morgan fingerprint density at radius 3 is 1.41 bits per heavy atom. The van der Waals surface area contributed by atoms with Crippen molar-refractivity contribution < 1.29 is 19.2 Å². The van der Waals surface area contributed by atoms with E-state index in [1.54, 1.807) is 0 Å². The number of rotatable bonds is 10. The summed E-state index contributed by atoms with van der Waals surface area (Å²) in [4.78, 5) is 53.9. The predicted octanol–water partition coefficient (Wildman–Crippen LogP) is -2.93. The molecule has 0 saturated carbocycles. The van der Waals surface area contributed by atoms with Crippen LogP contribution in [0.1, 0.15) is 20.8 Å². The summed E-state index contributed by atoms with van der Waals surface area (Å²) in [5, 5.41) is 5.39. The first-order valence-electron chi connectivity index (χ1n) is 10.7. The summed E-state index contributed by atoms with van der Waals surface area (Å²) >= 11 is 0. The third kappa shape index (κ3) is 13.4. The number of carbonyl (C=O) groups is 4. The number of nitrogens with two attached hydrogens (primary N) is 1. The number of amides is 3. The maximum atomic E-state index is 12.6. The fraction of sp³-hybridized carbons (Fsp3) is 0.800. The predicted molar refractivity (Wildman–Crippen MR) is 125 cm³/mol. The average molecular weight is 646 g/mol. The Morgan fingerprint density at radius 1 is 0.750 bits per heavy atom. The van der Waals surface area contributed by atoms with Crippen molar-refractivity contribution >= 4 is 51.8 Å². The van der Waals surface area contributed by atoms with Gasteiger partial charge < -0.3 is 16.4 Å². The van der Waals surface area contributed by atoms with Crippen molar-refractivity contribution in [1.82, 2.24) is 30.2 Å². The Hall–Kier alpha value is -1.16. The first-order valence-corrected chi connectivity index (χ1v) is 10.7. The second-order valence-electron chi connectivity index (χ2n) is 8.89. The van der Waals surface area contributed by atoms with Crippen LogP contribution >= 0.6 is 0 Å². The van der Waals surface area contributed by atoms with Crippen molar-refractivity contribution in [3.63, 3.8) is 0 Å². The van der Waals surface area contributed by atoms with E-state index >= 15 is 0 Å². The van der Waals surface area contributed by atoms with Crippen molar-refractivity contribution in [3.05, 3.63) is 0 Å². The van der Waals surface area contributed by atoms with E-state index in [0.717, 1.165) is 0 Å². The van der Waals surface area contributed by atoms with Gasteiger partial charge in [0.15, 0.2) is 5.78 Å². The van der Waals surface area contributed by atoms with Gasteiger partial charge in [0, 0.05) is 57.8 Å². The van der Waals surface area contributed by atoms with Gasteiger partial charge in [-0.25, -0.2) is 0 Å². The minimum absolute atomic E-state index is 0. The minimum atomic E-state index is -0.429. The van der Waals surface area contributed by atoms with Gasteiger partial charge in [-0.15, -0.1) is 0 Å². The zero-order valence-corrected chi connectivity index (χ0v) is 24.2. The summed E-state index contributed by atoms with van der Waals surface area (Å²) in [6.07, 6.45) is 1.33. The molecule has 0 aromatic rings. The van der Waals surface area contributed by atoms with Crippen LogP contribution < -0.4 is 16.4 Å². The van der Waals surface area contributed by atoms with Gasteiger partial charge >= 0.3 is 27.3 Å². The molecule has 1 fully saturated rings. The van der Waals surface area contributed by atoms with Crippen LogP contribution in [0, 0.1) is 5.41 Å². The zero-order valence-electron chi connectivity index (χ0n) is 19.7. The molecule has 0 atom stereocenters. The van der Waals surface area contributed by atoms with Crippen LogP contribution in [0.3, 0.4) is 0 Å². The Kier molecular flexibility index (Phi) is 15.9. The number of hydrogen-bond donors (Lipinski definition) is 3. The molecule has 0 aromatic carbocycles. The molecule has 0 spiro atoms. The average Bonchev–Trinajstić information content (AvgIpc) is 2.69. The normalized spacial score (nSPS) is 18.5. The van der Waals surface area contributed by atoms with E-state index in [4.69, 9.17) is 5.73 Å². The van der Waals surface area contributed by atoms with Gasteiger partial charge in [0.25, 0.3) is 0 Å². The maximum absolute atomic E-state index is 12.6. The van der Waals surface area contributed by atoms with Crippen LogP contribution in [0.5, 0.6) is 0 Å². The van der Waals surface area contributed by atoms with Gasteiger partial charge in [0.1, 0.15) is 0 Å². The second kappa shape index (κ2) is 16.5. The van der Waals surface area contributed by atoms with Crippen molar-refractivity contribution in [2.75, 3.05) is 78.8 Å². The van der Waals surface area contributed by atoms with Crippen molar-refractivity contribution in [2.24, 2.45) is 11.1 Å². The van der Waals surface area contributed by atoms with Gasteiger partial charge in [-0.3, -0.25) is 38.8 Å². The molecule has 0 unspecified atom stereocenters. The SMILES string of the molecule is CC(C)(C)C(=O)CN1CCN(CNC=O)CCN(CNC=O)CCN(CC(N)=O)CC1.[203PbH]. The molecule has 1 heterocycles. The number of nitrogens with one attached hydrogen (secondary N) is 2. The van der Waals surface area contributed by atoms with E-state index in [0.29, 0.717) is 85.1 Å². The molecule has 0 aliphatic carbocycles. The molecule has 4 N–H and O–H groups in total. The number of Topliss-reactive ketones (excluding diaryl/α,β-unsaturated/α-hetero) is 1. The second-order valence-corrected chi connectivity index (χ2v) is 8.89. The number of primary amides is 1. The molecule has 32 heavy (non-hydrogen) atoms. The molecule has 1 aliphatic rings. The molecule has 3 radical (unpaired) electrons. The standard InChI is InChI=1S/C20H39N7O4.Pb.H/c1-20(2,3)18(30)12-24-4-5-25(13-19(21)31)7-9-27(15-23-17-29)11-10-26(8-6-24)14-22-16-28;;/h16-17H,4-15H2,1-3H3,(H2,21,31)(H,22,28)(H,23,29);;/i;1-4;. The third-order valence-electron chi connectivity index (χ3n) is 5.31. The molecule has 12 heteroatoms. The Labute approximate surface area is 211 Å². The number of hydrogen-bond acceptors (Lipinski definition) is 8. The number of ketones is 1. The van der Waals surface area contributed by atoms with E-state index < -0.39 is 11.3 Å². The van der Waals surface area contributed by atoms with Crippen molar-refractivity contribution in [2.45, 2.75) is 20.8 Å². The Balaban J connectivity index is 0.00000961. The Bertz CT molecular complexity index is 589. The van der Waals surface area contributed by atoms with Gasteiger partial charge in [0.05, 0.1) is 26.4 Å². The van der Waals surface area contributed by atoms with E-state index in [1.165, 1.54) is 0 Å². The van der Waals surface area contributed by atoms with Gasteiger partial charge in [-0.1, -0.05) is 20.8 Å². The monoisotopic (exact) mass is 645 g/mol. The molecular weight excluding hydrogens is 605 g/mol. The quantitative estimate of drug-likeness (QED) is 0.170. The molecule has 0 bridgehead atoms. The molecule has 11 nitrogen and oxygen atoms in total. The van der Waals surface area contributed by atoms with Gasteiger partial charge in [-0.2, -0.15) is 0 Å². The summed E-state index contributed by atoms with van der Waals surface area (Å²) in [7, 11) is 0. The van der Waals surface area contributed by atoms with Crippen LogP contribution in [-0.4, -0.2) is 150 Å². The van der Waals surface area contributed by atoms with Crippen LogP contribution in [0.2, 0.25) is 0 Å². The van der Waals surface area contributed by atoms with E-state index in [9.17, 15) is 19.2 Å². The first-order chi connectivity index (χ1) is 14.7. The molecule has 0 aromatic heterocycles. The molecular formula is C20H40N7O4Pb. The fourth-order valence-electron chi connectivity index (χ4n) is 3.20. The van der Waals surface area contributed by atoms with E-state index in [2.05, 4.69) is 25.3 Å². The van der Waals surface area contributed by atoms with Crippen LogP contribution in [-0.2, 0) is 19.2 Å². The van der Waals surface area contributed by atoms with Crippen LogP contribution in [0.25, 0.3) is 0 Å². The topological polar surface area (TPSA) is 131 Å². The summed E-state index contributed by atoms with van der Waals surface area (Å²) in [5.41, 5.74) is 5.00. The van der Waals surface area contributed by atoms with E-state index in [-0.39, 0.29) is 39.6 Å². The fourth-order valence-corrected chi connectivity index (χ4v) is 3.20. The first kappa shape index (κ1) is 30.8. The molecule has 183 valence electrons. The summed E-state index contributed by atoms with van der Waals surface area (Å²) in [6.45, 7) is 12.2. The van der Waals surface area contributed by atoms with Crippen molar-refractivity contribution in [1.29, 1.82) is 0 Å². The number of carbonyl (C=O) groups excluding carboxylic acids is 4. The molecule has 3 amide bonds. The zero-order chi connectivity index (χ0) is 23.3. The van der Waals surface area contributed by atoms with E-state index in [1.807, 2.05) is 25.7 Å². The molecule has 1 saturated heterocycles. The third-order valence-corrected chi connectivity index (χ3v) is 5.31. The molecule has 1 aliphatic heterocycles. The number of nitrogens with zero attached hydrogens (tertiary/aromatic N) is 4. The summed E-state index contributed by atoms with van der Waals surface area (Å²) < 4.78 is 0. The molecule has 1 rings (SSSR count). The Morgan fingerprint density at radius 2 is 1.09 bits per heavy atom.